The van der Waals surface area contributed by atoms with Crippen LogP contribution in [-0.2, 0) is 25.6 Å². The first-order valence-electron chi connectivity index (χ1n) is 8.42. The van der Waals surface area contributed by atoms with E-state index in [1.807, 2.05) is 30.3 Å². The van der Waals surface area contributed by atoms with E-state index in [1.54, 1.807) is 0 Å². The summed E-state index contributed by atoms with van der Waals surface area (Å²) >= 11 is 0. The van der Waals surface area contributed by atoms with Crippen LogP contribution in [0.5, 0.6) is 0 Å². The summed E-state index contributed by atoms with van der Waals surface area (Å²) in [6.07, 6.45) is -0.0296. The SMILES string of the molecule is O=C(O)C(OC1CCCOC1)[C@H](O)CCCOCc1ccccc1. The van der Waals surface area contributed by atoms with E-state index in [9.17, 15) is 15.0 Å². The molecule has 0 radical (unpaired) electrons. The van der Waals surface area contributed by atoms with Gasteiger partial charge in [-0.15, -0.1) is 0 Å². The maximum atomic E-state index is 11.3. The van der Waals surface area contributed by atoms with Crippen LogP contribution in [0.3, 0.4) is 0 Å². The summed E-state index contributed by atoms with van der Waals surface area (Å²) in [7, 11) is 0. The Hall–Kier alpha value is -1.47. The highest BCUT2D eigenvalue weighted by Gasteiger charge is 2.30. The Balaban J connectivity index is 1.66. The number of hydrogen-bond acceptors (Lipinski definition) is 5. The number of aliphatic carboxylic acids is 1. The molecule has 1 heterocycles. The van der Waals surface area contributed by atoms with Gasteiger partial charge in [-0.25, -0.2) is 4.79 Å². The normalized spacial score (nSPS) is 20.5. The lowest BCUT2D eigenvalue weighted by atomic mass is 10.1. The average Bonchev–Trinajstić information content (AvgIpc) is 2.60. The number of hydrogen-bond donors (Lipinski definition) is 2. The zero-order valence-corrected chi connectivity index (χ0v) is 13.8. The number of carboxylic acid groups (broad SMARTS) is 1. The molecule has 24 heavy (non-hydrogen) atoms. The Morgan fingerprint density at radius 1 is 1.33 bits per heavy atom. The molecule has 1 aromatic rings. The summed E-state index contributed by atoms with van der Waals surface area (Å²) in [5.41, 5.74) is 1.09. The van der Waals surface area contributed by atoms with Crippen molar-refractivity contribution in [3.8, 4) is 0 Å². The molecule has 0 bridgehead atoms. The fourth-order valence-electron chi connectivity index (χ4n) is 2.65. The van der Waals surface area contributed by atoms with Crippen molar-refractivity contribution in [2.24, 2.45) is 0 Å². The molecule has 1 aliphatic heterocycles. The van der Waals surface area contributed by atoms with Gasteiger partial charge < -0.3 is 24.4 Å². The van der Waals surface area contributed by atoms with Crippen molar-refractivity contribution < 1.29 is 29.2 Å². The number of carboxylic acids is 1. The molecule has 3 atom stereocenters. The van der Waals surface area contributed by atoms with Crippen LogP contribution in [0.1, 0.15) is 31.2 Å². The monoisotopic (exact) mass is 338 g/mol. The molecule has 0 saturated carbocycles. The molecule has 6 nitrogen and oxygen atoms in total. The molecule has 1 saturated heterocycles. The largest absolute Gasteiger partial charge is 0.479 e. The molecule has 2 N–H and O–H groups in total. The van der Waals surface area contributed by atoms with Gasteiger partial charge in [-0.2, -0.15) is 0 Å². The van der Waals surface area contributed by atoms with E-state index in [1.165, 1.54) is 0 Å². The lowest BCUT2D eigenvalue weighted by Gasteiger charge is -2.28. The predicted molar refractivity (Wildman–Crippen MR) is 87.7 cm³/mol. The van der Waals surface area contributed by atoms with Crippen molar-refractivity contribution in [2.75, 3.05) is 19.8 Å². The van der Waals surface area contributed by atoms with Crippen LogP contribution in [0, 0.1) is 0 Å². The molecule has 134 valence electrons. The van der Waals surface area contributed by atoms with Gasteiger partial charge in [0.05, 0.1) is 25.4 Å². The zero-order chi connectivity index (χ0) is 17.2. The summed E-state index contributed by atoms with van der Waals surface area (Å²) in [6.45, 7) is 2.04. The summed E-state index contributed by atoms with van der Waals surface area (Å²) in [6, 6.07) is 9.81. The molecule has 6 heteroatoms. The molecule has 0 amide bonds. The van der Waals surface area contributed by atoms with Crippen molar-refractivity contribution in [1.82, 2.24) is 0 Å². The Morgan fingerprint density at radius 3 is 2.79 bits per heavy atom. The van der Waals surface area contributed by atoms with E-state index < -0.39 is 18.2 Å². The van der Waals surface area contributed by atoms with Crippen LogP contribution in [-0.4, -0.2) is 54.3 Å². The van der Waals surface area contributed by atoms with Gasteiger partial charge in [0.1, 0.15) is 0 Å². The van der Waals surface area contributed by atoms with Gasteiger partial charge in [0.25, 0.3) is 0 Å². The van der Waals surface area contributed by atoms with Crippen LogP contribution in [0.25, 0.3) is 0 Å². The standard InChI is InChI=1S/C18H26O6/c19-16(9-5-11-22-12-14-6-2-1-3-7-14)17(18(20)21)24-15-8-4-10-23-13-15/h1-3,6-7,15-17,19H,4-5,8-13H2,(H,20,21)/t15?,16-,17?/m1/s1. The van der Waals surface area contributed by atoms with Crippen LogP contribution >= 0.6 is 0 Å². The number of benzene rings is 1. The highest BCUT2D eigenvalue weighted by atomic mass is 16.6. The number of ether oxygens (including phenoxy) is 3. The second-order valence-corrected chi connectivity index (χ2v) is 5.98. The number of aliphatic hydroxyl groups excluding tert-OH is 1. The highest BCUT2D eigenvalue weighted by Crippen LogP contribution is 2.16. The molecule has 2 unspecified atom stereocenters. The summed E-state index contributed by atoms with van der Waals surface area (Å²) in [5, 5.41) is 19.4. The molecule has 0 spiro atoms. The molecular formula is C18H26O6. The van der Waals surface area contributed by atoms with Crippen molar-refractivity contribution in [1.29, 1.82) is 0 Å². The minimum absolute atomic E-state index is 0.260. The van der Waals surface area contributed by atoms with E-state index in [0.717, 1.165) is 18.4 Å². The van der Waals surface area contributed by atoms with E-state index in [0.29, 0.717) is 39.3 Å². The van der Waals surface area contributed by atoms with Gasteiger partial charge in [0, 0.05) is 13.2 Å². The van der Waals surface area contributed by atoms with Crippen LogP contribution in [0.2, 0.25) is 0 Å². The fourth-order valence-corrected chi connectivity index (χ4v) is 2.65. The fraction of sp³-hybridized carbons (Fsp3) is 0.611. The number of rotatable bonds is 10. The minimum Gasteiger partial charge on any atom is -0.479 e. The van der Waals surface area contributed by atoms with E-state index in [2.05, 4.69) is 0 Å². The Bertz CT molecular complexity index is 472. The third-order valence-corrected chi connectivity index (χ3v) is 3.95. The smallest absolute Gasteiger partial charge is 0.335 e. The Kier molecular flexibility index (Phi) is 8.18. The first-order valence-corrected chi connectivity index (χ1v) is 8.42. The maximum absolute atomic E-state index is 11.3. The first kappa shape index (κ1) is 18.9. The predicted octanol–water partition coefficient (Wildman–Crippen LogP) is 1.99. The molecule has 0 aromatic heterocycles. The molecule has 2 rings (SSSR count). The second kappa shape index (κ2) is 10.4. The van der Waals surface area contributed by atoms with E-state index in [-0.39, 0.29) is 6.10 Å². The van der Waals surface area contributed by atoms with Gasteiger partial charge in [-0.3, -0.25) is 0 Å². The lowest BCUT2D eigenvalue weighted by Crippen LogP contribution is -2.41. The molecule has 0 aliphatic carbocycles. The molecule has 1 aliphatic rings. The van der Waals surface area contributed by atoms with Crippen molar-refractivity contribution >= 4 is 5.97 Å². The van der Waals surface area contributed by atoms with E-state index >= 15 is 0 Å². The van der Waals surface area contributed by atoms with Gasteiger partial charge in [0.2, 0.25) is 0 Å². The third kappa shape index (κ3) is 6.57. The first-order chi connectivity index (χ1) is 11.7. The van der Waals surface area contributed by atoms with Gasteiger partial charge >= 0.3 is 5.97 Å². The molecule has 1 aromatic carbocycles. The van der Waals surface area contributed by atoms with Gasteiger partial charge in [-0.05, 0) is 31.2 Å². The van der Waals surface area contributed by atoms with Crippen molar-refractivity contribution in [3.05, 3.63) is 35.9 Å². The minimum atomic E-state index is -1.22. The average molecular weight is 338 g/mol. The van der Waals surface area contributed by atoms with E-state index in [4.69, 9.17) is 14.2 Å². The number of aliphatic hydroxyl groups is 1. The third-order valence-electron chi connectivity index (χ3n) is 3.95. The summed E-state index contributed by atoms with van der Waals surface area (Å²) in [4.78, 5) is 11.3. The summed E-state index contributed by atoms with van der Waals surface area (Å²) in [5.74, 6) is -1.14. The second-order valence-electron chi connectivity index (χ2n) is 5.98. The summed E-state index contributed by atoms with van der Waals surface area (Å²) < 4.78 is 16.3. The van der Waals surface area contributed by atoms with Crippen LogP contribution < -0.4 is 0 Å². The topological polar surface area (TPSA) is 85.2 Å². The van der Waals surface area contributed by atoms with Crippen molar-refractivity contribution in [3.63, 3.8) is 0 Å². The van der Waals surface area contributed by atoms with Crippen molar-refractivity contribution in [2.45, 2.75) is 50.6 Å². The van der Waals surface area contributed by atoms with Crippen LogP contribution in [0.4, 0.5) is 0 Å². The maximum Gasteiger partial charge on any atom is 0.335 e. The molecular weight excluding hydrogens is 312 g/mol. The van der Waals surface area contributed by atoms with Gasteiger partial charge in [-0.1, -0.05) is 30.3 Å². The Morgan fingerprint density at radius 2 is 2.12 bits per heavy atom. The zero-order valence-electron chi connectivity index (χ0n) is 13.8. The Labute approximate surface area is 142 Å². The highest BCUT2D eigenvalue weighted by molar-refractivity contribution is 5.73. The quantitative estimate of drug-likeness (QED) is 0.635. The van der Waals surface area contributed by atoms with Crippen LogP contribution in [0.15, 0.2) is 30.3 Å². The number of carbonyl (C=O) groups is 1. The molecule has 1 fully saturated rings. The lowest BCUT2D eigenvalue weighted by molar-refractivity contribution is -0.172. The van der Waals surface area contributed by atoms with Gasteiger partial charge in [0.15, 0.2) is 6.10 Å².